The van der Waals surface area contributed by atoms with Gasteiger partial charge in [-0.15, -0.1) is 5.10 Å². The van der Waals surface area contributed by atoms with Gasteiger partial charge in [0.2, 0.25) is 5.95 Å². The van der Waals surface area contributed by atoms with Crippen LogP contribution in [-0.2, 0) is 0 Å². The number of rotatable bonds is 0. The second kappa shape index (κ2) is 1.66. The van der Waals surface area contributed by atoms with Crippen LogP contribution in [0.5, 0.6) is 0 Å². The van der Waals surface area contributed by atoms with Crippen LogP contribution in [0.1, 0.15) is 0 Å². The summed E-state index contributed by atoms with van der Waals surface area (Å²) < 4.78 is 1.47. The zero-order valence-electron chi connectivity index (χ0n) is 5.10. The summed E-state index contributed by atoms with van der Waals surface area (Å²) in [5.74, 6) is 0.356. The SMILES string of the molecule is Nc1nccc2cnnn12. The summed E-state index contributed by atoms with van der Waals surface area (Å²) in [7, 11) is 0. The Labute approximate surface area is 56.5 Å². The number of hydrogen-bond acceptors (Lipinski definition) is 4. The van der Waals surface area contributed by atoms with E-state index in [4.69, 9.17) is 5.73 Å². The minimum Gasteiger partial charge on any atom is -0.368 e. The van der Waals surface area contributed by atoms with Crippen molar-refractivity contribution in [3.63, 3.8) is 0 Å². The van der Waals surface area contributed by atoms with E-state index in [2.05, 4.69) is 15.3 Å². The third kappa shape index (κ3) is 0.540. The molecule has 0 amide bonds. The van der Waals surface area contributed by atoms with Gasteiger partial charge in [0.1, 0.15) is 0 Å². The van der Waals surface area contributed by atoms with Crippen molar-refractivity contribution in [2.45, 2.75) is 0 Å². The molecule has 2 N–H and O–H groups in total. The van der Waals surface area contributed by atoms with E-state index in [0.29, 0.717) is 5.95 Å². The predicted molar refractivity (Wildman–Crippen MR) is 35.2 cm³/mol. The molecule has 50 valence electrons. The fourth-order valence-electron chi connectivity index (χ4n) is 0.779. The van der Waals surface area contributed by atoms with Crippen molar-refractivity contribution >= 4 is 11.5 Å². The highest BCUT2D eigenvalue weighted by molar-refractivity contribution is 5.45. The van der Waals surface area contributed by atoms with E-state index in [1.807, 2.05) is 0 Å². The van der Waals surface area contributed by atoms with Crippen LogP contribution in [0.15, 0.2) is 18.5 Å². The summed E-state index contributed by atoms with van der Waals surface area (Å²) in [5, 5.41) is 7.35. The lowest BCUT2D eigenvalue weighted by atomic mass is 10.5. The summed E-state index contributed by atoms with van der Waals surface area (Å²) in [6.45, 7) is 0. The largest absolute Gasteiger partial charge is 0.368 e. The van der Waals surface area contributed by atoms with Gasteiger partial charge in [0.15, 0.2) is 0 Å². The van der Waals surface area contributed by atoms with Gasteiger partial charge in [-0.3, -0.25) is 0 Å². The van der Waals surface area contributed by atoms with E-state index in [-0.39, 0.29) is 0 Å². The van der Waals surface area contributed by atoms with E-state index in [1.54, 1.807) is 18.5 Å². The molecular formula is C5H5N5. The van der Waals surface area contributed by atoms with Gasteiger partial charge >= 0.3 is 0 Å². The fourth-order valence-corrected chi connectivity index (χ4v) is 0.779. The monoisotopic (exact) mass is 135 g/mol. The zero-order chi connectivity index (χ0) is 6.97. The first-order valence-electron chi connectivity index (χ1n) is 2.79. The molecule has 2 aromatic rings. The van der Waals surface area contributed by atoms with Crippen LogP contribution < -0.4 is 5.73 Å². The second-order valence-electron chi connectivity index (χ2n) is 1.87. The highest BCUT2D eigenvalue weighted by Gasteiger charge is 1.95. The van der Waals surface area contributed by atoms with E-state index < -0.39 is 0 Å². The Hall–Kier alpha value is -1.65. The van der Waals surface area contributed by atoms with Crippen molar-refractivity contribution in [2.24, 2.45) is 0 Å². The molecule has 0 aliphatic rings. The average molecular weight is 135 g/mol. The quantitative estimate of drug-likeness (QED) is 0.538. The molecule has 0 fully saturated rings. The average Bonchev–Trinajstić information content (AvgIpc) is 2.36. The molecule has 2 heterocycles. The van der Waals surface area contributed by atoms with Gasteiger partial charge < -0.3 is 5.73 Å². The van der Waals surface area contributed by atoms with Gasteiger partial charge in [-0.2, -0.15) is 4.52 Å². The van der Waals surface area contributed by atoms with Gasteiger partial charge in [0.25, 0.3) is 0 Å². The summed E-state index contributed by atoms with van der Waals surface area (Å²) in [6, 6.07) is 1.79. The predicted octanol–water partition coefficient (Wildman–Crippen LogP) is -0.294. The number of nitrogen functional groups attached to an aromatic ring is 1. The molecule has 0 aliphatic carbocycles. The Balaban J connectivity index is 2.95. The van der Waals surface area contributed by atoms with Crippen molar-refractivity contribution in [1.29, 1.82) is 0 Å². The van der Waals surface area contributed by atoms with Crippen molar-refractivity contribution in [3.8, 4) is 0 Å². The third-order valence-corrected chi connectivity index (χ3v) is 1.24. The van der Waals surface area contributed by atoms with E-state index in [9.17, 15) is 0 Å². The molecule has 0 bridgehead atoms. The molecule has 0 saturated carbocycles. The summed E-state index contributed by atoms with van der Waals surface area (Å²) in [5.41, 5.74) is 6.30. The number of aromatic nitrogens is 4. The lowest BCUT2D eigenvalue weighted by Crippen LogP contribution is -2.00. The number of hydrogen-bond donors (Lipinski definition) is 1. The van der Waals surface area contributed by atoms with Crippen molar-refractivity contribution in [1.82, 2.24) is 19.8 Å². The smallest absolute Gasteiger partial charge is 0.223 e. The van der Waals surface area contributed by atoms with E-state index >= 15 is 0 Å². The van der Waals surface area contributed by atoms with Crippen LogP contribution in [0.4, 0.5) is 5.95 Å². The molecule has 0 saturated heterocycles. The molecule has 0 atom stereocenters. The van der Waals surface area contributed by atoms with Crippen LogP contribution in [0.2, 0.25) is 0 Å². The van der Waals surface area contributed by atoms with Gasteiger partial charge in [-0.05, 0) is 6.07 Å². The highest BCUT2D eigenvalue weighted by Crippen LogP contribution is 2.00. The van der Waals surface area contributed by atoms with Crippen molar-refractivity contribution < 1.29 is 0 Å². The Morgan fingerprint density at radius 3 is 3.20 bits per heavy atom. The molecule has 2 rings (SSSR count). The minimum atomic E-state index is 0.356. The maximum atomic E-state index is 5.45. The van der Waals surface area contributed by atoms with E-state index in [1.165, 1.54) is 4.52 Å². The van der Waals surface area contributed by atoms with Crippen LogP contribution in [0.25, 0.3) is 5.52 Å². The molecule has 0 aliphatic heterocycles. The van der Waals surface area contributed by atoms with Gasteiger partial charge in [0.05, 0.1) is 11.7 Å². The Morgan fingerprint density at radius 1 is 1.50 bits per heavy atom. The fraction of sp³-hybridized carbons (Fsp3) is 0. The lowest BCUT2D eigenvalue weighted by molar-refractivity contribution is 0.847. The zero-order valence-corrected chi connectivity index (χ0v) is 5.10. The van der Waals surface area contributed by atoms with E-state index in [0.717, 1.165) is 5.52 Å². The van der Waals surface area contributed by atoms with Crippen LogP contribution in [-0.4, -0.2) is 19.8 Å². The first kappa shape index (κ1) is 5.16. The number of nitrogens with two attached hydrogens (primary N) is 1. The number of anilines is 1. The molecule has 10 heavy (non-hydrogen) atoms. The van der Waals surface area contributed by atoms with Crippen LogP contribution in [0.3, 0.4) is 0 Å². The minimum absolute atomic E-state index is 0.356. The van der Waals surface area contributed by atoms with Crippen molar-refractivity contribution in [2.75, 3.05) is 5.73 Å². The standard InChI is InChI=1S/C5H5N5/c6-5-7-2-1-4-3-8-9-10(4)5/h1-3H,(H2,6,7). The highest BCUT2D eigenvalue weighted by atomic mass is 15.4. The van der Waals surface area contributed by atoms with Crippen LogP contribution >= 0.6 is 0 Å². The van der Waals surface area contributed by atoms with Gasteiger partial charge in [-0.25, -0.2) is 4.98 Å². The molecular weight excluding hydrogens is 130 g/mol. The molecule has 5 nitrogen and oxygen atoms in total. The normalized spacial score (nSPS) is 10.4. The Kier molecular flexibility index (Phi) is 0.858. The van der Waals surface area contributed by atoms with Gasteiger partial charge in [0, 0.05) is 6.20 Å². The summed E-state index contributed by atoms with van der Waals surface area (Å²) in [6.07, 6.45) is 3.24. The first-order chi connectivity index (χ1) is 4.88. The summed E-state index contributed by atoms with van der Waals surface area (Å²) in [4.78, 5) is 3.82. The Morgan fingerprint density at radius 2 is 2.40 bits per heavy atom. The Bertz CT molecular complexity index is 352. The molecule has 5 heteroatoms. The molecule has 0 unspecified atom stereocenters. The number of fused-ring (bicyclic) bond motifs is 1. The maximum absolute atomic E-state index is 5.45. The summed E-state index contributed by atoms with van der Waals surface area (Å²) >= 11 is 0. The third-order valence-electron chi connectivity index (χ3n) is 1.24. The number of nitrogens with zero attached hydrogens (tertiary/aromatic N) is 4. The topological polar surface area (TPSA) is 69.1 Å². The van der Waals surface area contributed by atoms with Crippen molar-refractivity contribution in [3.05, 3.63) is 18.5 Å². The lowest BCUT2D eigenvalue weighted by Gasteiger charge is -1.92. The maximum Gasteiger partial charge on any atom is 0.223 e. The first-order valence-corrected chi connectivity index (χ1v) is 2.79. The van der Waals surface area contributed by atoms with Crippen LogP contribution in [0, 0.1) is 0 Å². The molecule has 0 spiro atoms. The molecule has 0 radical (unpaired) electrons. The second-order valence-corrected chi connectivity index (χ2v) is 1.87. The molecule has 0 aromatic carbocycles. The van der Waals surface area contributed by atoms with Gasteiger partial charge in [-0.1, -0.05) is 5.21 Å². The molecule has 2 aromatic heterocycles.